The lowest BCUT2D eigenvalue weighted by molar-refractivity contribution is 0.0940. The van der Waals surface area contributed by atoms with Crippen molar-refractivity contribution in [2.45, 2.75) is 19.3 Å². The van der Waals surface area contributed by atoms with Crippen molar-refractivity contribution in [3.05, 3.63) is 34.1 Å². The second kappa shape index (κ2) is 5.57. The monoisotopic (exact) mass is 333 g/mol. The predicted molar refractivity (Wildman–Crippen MR) is 73.4 cm³/mol. The molecule has 98 valence electrons. The fourth-order valence-corrected chi connectivity index (χ4v) is 2.70. The normalized spacial score (nSPS) is 16.4. The van der Waals surface area contributed by atoms with Crippen LogP contribution < -0.4 is 5.32 Å². The number of carbonyl (C=O) groups is 1. The van der Waals surface area contributed by atoms with E-state index in [9.17, 15) is 9.18 Å². The first-order valence-electron chi connectivity index (χ1n) is 5.86. The van der Waals surface area contributed by atoms with Crippen LogP contribution in [0.4, 0.5) is 4.39 Å². The minimum atomic E-state index is -0.516. The Morgan fingerprint density at radius 1 is 1.50 bits per heavy atom. The first-order chi connectivity index (χ1) is 8.58. The number of hydrogen-bond donors (Lipinski definition) is 1. The molecule has 0 spiro atoms. The van der Waals surface area contributed by atoms with Crippen molar-refractivity contribution in [2.75, 3.05) is 12.4 Å². The largest absolute Gasteiger partial charge is 0.351 e. The van der Waals surface area contributed by atoms with Crippen LogP contribution in [-0.4, -0.2) is 18.3 Å². The van der Waals surface area contributed by atoms with Crippen molar-refractivity contribution in [3.8, 4) is 0 Å². The third kappa shape index (κ3) is 3.04. The van der Waals surface area contributed by atoms with E-state index in [1.165, 1.54) is 6.07 Å². The second-order valence-corrected chi connectivity index (χ2v) is 5.96. The first-order valence-corrected chi connectivity index (χ1v) is 7.19. The topological polar surface area (TPSA) is 29.1 Å². The Hall–Kier alpha value is -0.610. The van der Waals surface area contributed by atoms with E-state index in [1.807, 2.05) is 0 Å². The Morgan fingerprint density at radius 3 is 2.83 bits per heavy atom. The summed E-state index contributed by atoms with van der Waals surface area (Å²) in [6, 6.07) is 4.70. The summed E-state index contributed by atoms with van der Waals surface area (Å²) in [7, 11) is 0. The van der Waals surface area contributed by atoms with Gasteiger partial charge in [0.05, 0.1) is 10.0 Å². The summed E-state index contributed by atoms with van der Waals surface area (Å²) < 4.78 is 14.0. The molecule has 1 fully saturated rings. The highest BCUT2D eigenvalue weighted by atomic mass is 79.9. The van der Waals surface area contributed by atoms with Crippen LogP contribution >= 0.6 is 27.5 Å². The summed E-state index contributed by atoms with van der Waals surface area (Å²) in [5.74, 6) is -0.284. The number of nitrogens with one attached hydrogen (secondary N) is 1. The number of alkyl halides is 1. The van der Waals surface area contributed by atoms with E-state index < -0.39 is 5.82 Å². The van der Waals surface area contributed by atoms with Crippen molar-refractivity contribution in [1.82, 2.24) is 5.32 Å². The van der Waals surface area contributed by atoms with Gasteiger partial charge in [-0.05, 0) is 52.7 Å². The highest BCUT2D eigenvalue weighted by molar-refractivity contribution is 9.10. The van der Waals surface area contributed by atoms with Crippen molar-refractivity contribution >= 4 is 33.4 Å². The molecule has 1 N–H and O–H groups in total. The van der Waals surface area contributed by atoms with Crippen LogP contribution in [0.15, 0.2) is 22.7 Å². The minimum absolute atomic E-state index is 0.0750. The summed E-state index contributed by atoms with van der Waals surface area (Å²) in [4.78, 5) is 11.9. The number of carbonyl (C=O) groups excluding carboxylic acids is 1. The van der Waals surface area contributed by atoms with Gasteiger partial charge in [-0.2, -0.15) is 0 Å². The van der Waals surface area contributed by atoms with Crippen molar-refractivity contribution in [1.29, 1.82) is 0 Å². The van der Waals surface area contributed by atoms with Gasteiger partial charge in [0, 0.05) is 12.4 Å². The van der Waals surface area contributed by atoms with Gasteiger partial charge >= 0.3 is 0 Å². The molecule has 0 saturated heterocycles. The van der Waals surface area contributed by atoms with Gasteiger partial charge in [0.15, 0.2) is 0 Å². The number of hydrogen-bond acceptors (Lipinski definition) is 1. The van der Waals surface area contributed by atoms with E-state index >= 15 is 0 Å². The van der Waals surface area contributed by atoms with E-state index in [4.69, 9.17) is 11.6 Å². The van der Waals surface area contributed by atoms with Crippen LogP contribution in [0.3, 0.4) is 0 Å². The second-order valence-electron chi connectivity index (χ2n) is 4.72. The Labute approximate surface area is 119 Å². The van der Waals surface area contributed by atoms with Crippen molar-refractivity contribution < 1.29 is 9.18 Å². The van der Waals surface area contributed by atoms with Gasteiger partial charge in [-0.3, -0.25) is 4.79 Å². The van der Waals surface area contributed by atoms with Crippen LogP contribution in [0, 0.1) is 11.2 Å². The zero-order chi connectivity index (χ0) is 13.2. The fourth-order valence-electron chi connectivity index (χ4n) is 1.93. The van der Waals surface area contributed by atoms with E-state index in [-0.39, 0.29) is 16.9 Å². The maximum Gasteiger partial charge on any atom is 0.254 e. The molecule has 1 aliphatic carbocycles. The molecule has 0 heterocycles. The SMILES string of the molecule is O=C(NCC1(CCCl)CC1)c1cccc(Br)c1F. The molecule has 18 heavy (non-hydrogen) atoms. The van der Waals surface area contributed by atoms with Gasteiger partial charge in [0.2, 0.25) is 0 Å². The molecule has 0 unspecified atom stereocenters. The zero-order valence-electron chi connectivity index (χ0n) is 9.81. The Kier molecular flexibility index (Phi) is 4.28. The van der Waals surface area contributed by atoms with Crippen LogP contribution in [0.1, 0.15) is 29.6 Å². The molecule has 1 aromatic rings. The van der Waals surface area contributed by atoms with Crippen LogP contribution in [0.2, 0.25) is 0 Å². The first kappa shape index (κ1) is 13.8. The highest BCUT2D eigenvalue weighted by Crippen LogP contribution is 2.48. The Bertz CT molecular complexity index is 462. The summed E-state index contributed by atoms with van der Waals surface area (Å²) in [6.45, 7) is 0.574. The van der Waals surface area contributed by atoms with Gasteiger partial charge < -0.3 is 5.32 Å². The zero-order valence-corrected chi connectivity index (χ0v) is 12.2. The number of amides is 1. The lowest BCUT2D eigenvalue weighted by Crippen LogP contribution is -2.31. The molecular formula is C13H14BrClFNO. The summed E-state index contributed by atoms with van der Waals surface area (Å²) in [6.07, 6.45) is 3.07. The van der Waals surface area contributed by atoms with Crippen LogP contribution in [-0.2, 0) is 0 Å². The summed E-state index contributed by atoms with van der Waals surface area (Å²) >= 11 is 8.80. The van der Waals surface area contributed by atoms with Crippen molar-refractivity contribution in [3.63, 3.8) is 0 Å². The van der Waals surface area contributed by atoms with Gasteiger partial charge in [0.25, 0.3) is 5.91 Å². The summed E-state index contributed by atoms with van der Waals surface area (Å²) in [5, 5.41) is 2.80. The fraction of sp³-hybridized carbons (Fsp3) is 0.462. The number of rotatable bonds is 5. The number of halogens is 3. The summed E-state index contributed by atoms with van der Waals surface area (Å²) in [5.41, 5.74) is 0.228. The lowest BCUT2D eigenvalue weighted by atomic mass is 10.0. The maximum atomic E-state index is 13.7. The van der Waals surface area contributed by atoms with Gasteiger partial charge in [-0.1, -0.05) is 6.07 Å². The van der Waals surface area contributed by atoms with Crippen LogP contribution in [0.25, 0.3) is 0 Å². The van der Waals surface area contributed by atoms with Gasteiger partial charge in [0.1, 0.15) is 5.82 Å². The molecule has 0 aromatic heterocycles. The Morgan fingerprint density at radius 2 is 2.22 bits per heavy atom. The van der Waals surface area contributed by atoms with E-state index in [2.05, 4.69) is 21.2 Å². The van der Waals surface area contributed by atoms with E-state index in [1.54, 1.807) is 12.1 Å². The molecule has 1 saturated carbocycles. The molecular weight excluding hydrogens is 321 g/mol. The highest BCUT2D eigenvalue weighted by Gasteiger charge is 2.41. The molecule has 5 heteroatoms. The van der Waals surface area contributed by atoms with E-state index in [0.29, 0.717) is 16.9 Å². The third-order valence-corrected chi connectivity index (χ3v) is 4.20. The molecule has 1 amide bonds. The molecule has 1 aromatic carbocycles. The standard InChI is InChI=1S/C13H14BrClFNO/c14-10-3-1-2-9(11(10)16)12(18)17-8-13(4-5-13)6-7-15/h1-3H,4-8H2,(H,17,18). The smallest absolute Gasteiger partial charge is 0.254 e. The van der Waals surface area contributed by atoms with Gasteiger partial charge in [-0.25, -0.2) is 4.39 Å². The molecule has 0 atom stereocenters. The molecule has 0 radical (unpaired) electrons. The molecule has 2 rings (SSSR count). The maximum absolute atomic E-state index is 13.7. The predicted octanol–water partition coefficient (Wildman–Crippen LogP) is 3.73. The molecule has 2 nitrogen and oxygen atoms in total. The third-order valence-electron chi connectivity index (χ3n) is 3.40. The van der Waals surface area contributed by atoms with Gasteiger partial charge in [-0.15, -0.1) is 11.6 Å². The van der Waals surface area contributed by atoms with Crippen molar-refractivity contribution in [2.24, 2.45) is 5.41 Å². The van der Waals surface area contributed by atoms with Crippen LogP contribution in [0.5, 0.6) is 0 Å². The Balaban J connectivity index is 1.98. The minimum Gasteiger partial charge on any atom is -0.351 e. The average molecular weight is 335 g/mol. The average Bonchev–Trinajstić information content (AvgIpc) is 3.11. The molecule has 0 aliphatic heterocycles. The lowest BCUT2D eigenvalue weighted by Gasteiger charge is -2.14. The molecule has 1 aliphatic rings. The quantitative estimate of drug-likeness (QED) is 0.817. The molecule has 0 bridgehead atoms. The number of benzene rings is 1. The van der Waals surface area contributed by atoms with E-state index in [0.717, 1.165) is 19.3 Å².